The van der Waals surface area contributed by atoms with Gasteiger partial charge in [0.25, 0.3) is 0 Å². The number of aryl methyl sites for hydroxylation is 1. The zero-order valence-corrected chi connectivity index (χ0v) is 22.8. The second kappa shape index (κ2) is 10.5. The molecule has 0 atom stereocenters. The maximum atomic E-state index is 13.0. The summed E-state index contributed by atoms with van der Waals surface area (Å²) in [6.07, 6.45) is 7.21. The van der Waals surface area contributed by atoms with Gasteiger partial charge in [0.2, 0.25) is 5.78 Å². The fourth-order valence-corrected chi connectivity index (χ4v) is 5.55. The van der Waals surface area contributed by atoms with Gasteiger partial charge >= 0.3 is 0 Å². The summed E-state index contributed by atoms with van der Waals surface area (Å²) >= 11 is 1.94. The molecular formula is C31H35N3OS. The molecule has 1 aliphatic carbocycles. The molecule has 4 rings (SSSR count). The summed E-state index contributed by atoms with van der Waals surface area (Å²) < 4.78 is -0.0839. The molecule has 1 aliphatic rings. The summed E-state index contributed by atoms with van der Waals surface area (Å²) in [5.41, 5.74) is 8.00. The summed E-state index contributed by atoms with van der Waals surface area (Å²) in [4.78, 5) is 20.0. The number of rotatable bonds is 8. The lowest BCUT2D eigenvalue weighted by atomic mass is 9.76. The number of aromatic nitrogens is 2. The van der Waals surface area contributed by atoms with E-state index < -0.39 is 0 Å². The average Bonchev–Trinajstić information content (AvgIpc) is 3.34. The third-order valence-corrected chi connectivity index (χ3v) is 8.59. The van der Waals surface area contributed by atoms with E-state index in [-0.39, 0.29) is 22.8 Å². The van der Waals surface area contributed by atoms with Crippen LogP contribution in [0.2, 0.25) is 0 Å². The van der Waals surface area contributed by atoms with E-state index in [4.69, 9.17) is 5.26 Å². The Hall–Kier alpha value is -3.10. The fourth-order valence-electron chi connectivity index (χ4n) is 4.53. The Morgan fingerprint density at radius 3 is 2.58 bits per heavy atom. The quantitative estimate of drug-likeness (QED) is 0.323. The van der Waals surface area contributed by atoms with Gasteiger partial charge in [-0.1, -0.05) is 61.9 Å². The summed E-state index contributed by atoms with van der Waals surface area (Å²) in [6.45, 7) is 11.3. The summed E-state index contributed by atoms with van der Waals surface area (Å²) in [6, 6.07) is 17.4. The predicted molar refractivity (Wildman–Crippen MR) is 149 cm³/mol. The van der Waals surface area contributed by atoms with Crippen molar-refractivity contribution in [3.05, 3.63) is 94.1 Å². The minimum atomic E-state index is -0.102. The van der Waals surface area contributed by atoms with Gasteiger partial charge in [-0.15, -0.1) is 11.8 Å². The smallest absolute Gasteiger partial charge is 0.202 e. The number of aromatic amines is 1. The number of carbonyl (C=O) groups is 1. The average molecular weight is 498 g/mol. The number of carbonyl (C=O) groups excluding carboxylic acids is 1. The lowest BCUT2D eigenvalue weighted by molar-refractivity contribution is 0.0984. The van der Waals surface area contributed by atoms with Gasteiger partial charge in [-0.3, -0.25) is 4.79 Å². The Labute approximate surface area is 219 Å². The molecular weight excluding hydrogens is 462 g/mol. The second-order valence-corrected chi connectivity index (χ2v) is 12.7. The third kappa shape index (κ3) is 6.17. The van der Waals surface area contributed by atoms with Gasteiger partial charge in [0.1, 0.15) is 11.8 Å². The van der Waals surface area contributed by atoms with E-state index in [1.165, 1.54) is 34.0 Å². The zero-order chi connectivity index (χ0) is 25.9. The Kier molecular flexibility index (Phi) is 7.57. The Balaban J connectivity index is 1.63. The molecule has 0 amide bonds. The van der Waals surface area contributed by atoms with Crippen LogP contribution in [0.1, 0.15) is 91.1 Å². The topological polar surface area (TPSA) is 69.5 Å². The Morgan fingerprint density at radius 2 is 1.94 bits per heavy atom. The van der Waals surface area contributed by atoms with Crippen LogP contribution in [0, 0.1) is 23.7 Å². The zero-order valence-electron chi connectivity index (χ0n) is 21.9. The lowest BCUT2D eigenvalue weighted by Gasteiger charge is -2.31. The van der Waals surface area contributed by atoms with Crippen molar-refractivity contribution < 1.29 is 4.79 Å². The third-order valence-electron chi connectivity index (χ3n) is 7.15. The number of allylic oxidation sites excluding steroid dienone is 2. The van der Waals surface area contributed by atoms with Crippen molar-refractivity contribution in [2.24, 2.45) is 5.41 Å². The van der Waals surface area contributed by atoms with Crippen LogP contribution in [0.5, 0.6) is 0 Å². The van der Waals surface area contributed by atoms with Gasteiger partial charge in [0.15, 0.2) is 5.82 Å². The van der Waals surface area contributed by atoms with Crippen molar-refractivity contribution in [2.75, 3.05) is 0 Å². The van der Waals surface area contributed by atoms with Gasteiger partial charge in [-0.2, -0.15) is 5.26 Å². The number of H-pyrrole nitrogens is 1. The number of nitrogens with one attached hydrogen (secondary N) is 1. The van der Waals surface area contributed by atoms with E-state index in [9.17, 15) is 4.79 Å². The predicted octanol–water partition coefficient (Wildman–Crippen LogP) is 7.78. The van der Waals surface area contributed by atoms with Gasteiger partial charge in [0.05, 0.1) is 6.20 Å². The highest BCUT2D eigenvalue weighted by Gasteiger charge is 2.27. The second-order valence-electron chi connectivity index (χ2n) is 11.1. The number of nitrogens with zero attached hydrogens (tertiary/aromatic N) is 2. The maximum absolute atomic E-state index is 13.0. The van der Waals surface area contributed by atoms with E-state index in [2.05, 4.69) is 93.1 Å². The molecule has 4 nitrogen and oxygen atoms in total. The van der Waals surface area contributed by atoms with Crippen molar-refractivity contribution in [1.82, 2.24) is 9.97 Å². The SMILES string of the molecule is Cc1ccc(CSC(C)(C)c2ccc(CC(=O)c3ncc(C#N)[nH]3)c(C3=CCC(C)(C)CC3)c2)cc1. The number of ketones is 1. The monoisotopic (exact) mass is 497 g/mol. The fraction of sp³-hybridized carbons (Fsp3) is 0.387. The first kappa shape index (κ1) is 26.0. The first-order chi connectivity index (χ1) is 17.1. The van der Waals surface area contributed by atoms with Crippen LogP contribution in [0.15, 0.2) is 54.7 Å². The van der Waals surface area contributed by atoms with E-state index in [0.29, 0.717) is 11.1 Å². The van der Waals surface area contributed by atoms with Gasteiger partial charge < -0.3 is 4.98 Å². The van der Waals surface area contributed by atoms with Crippen molar-refractivity contribution >= 4 is 23.1 Å². The van der Waals surface area contributed by atoms with Crippen molar-refractivity contribution in [3.8, 4) is 6.07 Å². The van der Waals surface area contributed by atoms with Gasteiger partial charge in [0, 0.05) is 16.9 Å². The largest absolute Gasteiger partial charge is 0.327 e. The van der Waals surface area contributed by atoms with Crippen molar-refractivity contribution in [2.45, 2.75) is 70.8 Å². The summed E-state index contributed by atoms with van der Waals surface area (Å²) in [5.74, 6) is 1.09. The van der Waals surface area contributed by atoms with E-state index in [1.807, 2.05) is 17.8 Å². The normalized spacial score (nSPS) is 15.3. The molecule has 36 heavy (non-hydrogen) atoms. The molecule has 3 aromatic rings. The highest BCUT2D eigenvalue weighted by atomic mass is 32.2. The molecule has 0 fully saturated rings. The number of imidazole rings is 1. The van der Waals surface area contributed by atoms with E-state index in [1.54, 1.807) is 0 Å². The molecule has 1 aromatic heterocycles. The van der Waals surface area contributed by atoms with Crippen LogP contribution in [0.25, 0.3) is 5.57 Å². The molecule has 1 N–H and O–H groups in total. The van der Waals surface area contributed by atoms with Crippen LogP contribution in [0.4, 0.5) is 0 Å². The molecule has 0 spiro atoms. The number of hydrogen-bond acceptors (Lipinski definition) is 4. The minimum Gasteiger partial charge on any atom is -0.327 e. The molecule has 0 bridgehead atoms. The molecule has 0 saturated heterocycles. The number of hydrogen-bond donors (Lipinski definition) is 1. The molecule has 5 heteroatoms. The molecule has 0 aliphatic heterocycles. The molecule has 0 unspecified atom stereocenters. The van der Waals surface area contributed by atoms with Crippen LogP contribution in [-0.4, -0.2) is 15.8 Å². The molecule has 2 aromatic carbocycles. The Morgan fingerprint density at radius 1 is 1.19 bits per heavy atom. The summed E-state index contributed by atoms with van der Waals surface area (Å²) in [5, 5.41) is 9.07. The summed E-state index contributed by atoms with van der Waals surface area (Å²) in [7, 11) is 0. The van der Waals surface area contributed by atoms with Crippen LogP contribution >= 0.6 is 11.8 Å². The molecule has 0 saturated carbocycles. The number of nitriles is 1. The number of Topliss-reactive ketones (excluding diaryl/α,β-unsaturated/α-hetero) is 1. The van der Waals surface area contributed by atoms with E-state index in [0.717, 1.165) is 30.6 Å². The Bertz CT molecular complexity index is 1320. The van der Waals surface area contributed by atoms with Crippen LogP contribution in [-0.2, 0) is 16.9 Å². The van der Waals surface area contributed by atoms with Crippen molar-refractivity contribution in [1.29, 1.82) is 5.26 Å². The van der Waals surface area contributed by atoms with Crippen LogP contribution < -0.4 is 0 Å². The van der Waals surface area contributed by atoms with E-state index >= 15 is 0 Å². The first-order valence-electron chi connectivity index (χ1n) is 12.6. The first-order valence-corrected chi connectivity index (χ1v) is 13.6. The van der Waals surface area contributed by atoms with Crippen molar-refractivity contribution in [3.63, 3.8) is 0 Å². The number of thioether (sulfide) groups is 1. The standard InChI is InChI=1S/C31H35N3OS/c1-21-6-8-22(9-7-21)20-36-31(4,5)25-11-10-24(16-28(35)29-33-19-26(18-32)34-29)27(17-25)23-12-14-30(2,3)15-13-23/h6-12,17,19H,13-16,20H2,1-5H3,(H,33,34). The molecule has 0 radical (unpaired) electrons. The maximum Gasteiger partial charge on any atom is 0.202 e. The number of benzene rings is 2. The van der Waals surface area contributed by atoms with Gasteiger partial charge in [-0.25, -0.2) is 4.98 Å². The molecule has 186 valence electrons. The highest BCUT2D eigenvalue weighted by Crippen LogP contribution is 2.42. The lowest BCUT2D eigenvalue weighted by Crippen LogP contribution is -2.17. The minimum absolute atomic E-state index is 0.0839. The molecule has 1 heterocycles. The highest BCUT2D eigenvalue weighted by molar-refractivity contribution is 7.99. The van der Waals surface area contributed by atoms with Gasteiger partial charge in [-0.05, 0) is 79.3 Å². The van der Waals surface area contributed by atoms with Crippen LogP contribution in [0.3, 0.4) is 0 Å².